The standard InChI is InChI=1S/C10H8N4O3/c11-9-5-12-6-10(13-9)17-8-3-1-2-7(4-8)14(15)16/h1-6H,(H2,11,13). The van der Waals surface area contributed by atoms with Gasteiger partial charge in [0.2, 0.25) is 5.88 Å². The van der Waals surface area contributed by atoms with Gasteiger partial charge < -0.3 is 10.5 Å². The number of rotatable bonds is 3. The van der Waals surface area contributed by atoms with Gasteiger partial charge >= 0.3 is 0 Å². The molecule has 1 aromatic heterocycles. The molecule has 0 unspecified atom stereocenters. The molecule has 0 saturated heterocycles. The van der Waals surface area contributed by atoms with Crippen molar-refractivity contribution in [1.29, 1.82) is 0 Å². The Morgan fingerprint density at radius 3 is 2.88 bits per heavy atom. The highest BCUT2D eigenvalue weighted by atomic mass is 16.6. The summed E-state index contributed by atoms with van der Waals surface area (Å²) in [4.78, 5) is 17.7. The Labute approximate surface area is 96.0 Å². The van der Waals surface area contributed by atoms with E-state index in [1.165, 1.54) is 30.6 Å². The molecule has 0 amide bonds. The van der Waals surface area contributed by atoms with Crippen molar-refractivity contribution >= 4 is 11.5 Å². The molecule has 1 aromatic carbocycles. The molecule has 0 aliphatic rings. The van der Waals surface area contributed by atoms with Gasteiger partial charge in [-0.25, -0.2) is 0 Å². The SMILES string of the molecule is Nc1cncc(Oc2cccc([N+](=O)[O-])c2)n1. The zero-order valence-corrected chi connectivity index (χ0v) is 8.61. The molecular formula is C10H8N4O3. The van der Waals surface area contributed by atoms with Crippen molar-refractivity contribution in [2.75, 3.05) is 5.73 Å². The Hall–Kier alpha value is -2.70. The van der Waals surface area contributed by atoms with E-state index in [1.807, 2.05) is 0 Å². The van der Waals surface area contributed by atoms with Crippen LogP contribution in [0.15, 0.2) is 36.7 Å². The molecule has 0 bridgehead atoms. The van der Waals surface area contributed by atoms with E-state index >= 15 is 0 Å². The molecule has 2 aromatic rings. The van der Waals surface area contributed by atoms with Crippen LogP contribution in [0.4, 0.5) is 11.5 Å². The summed E-state index contributed by atoms with van der Waals surface area (Å²) in [6.45, 7) is 0. The lowest BCUT2D eigenvalue weighted by atomic mass is 10.3. The van der Waals surface area contributed by atoms with Crippen LogP contribution in [0.25, 0.3) is 0 Å². The van der Waals surface area contributed by atoms with Crippen LogP contribution in [-0.2, 0) is 0 Å². The summed E-state index contributed by atoms with van der Waals surface area (Å²) >= 11 is 0. The van der Waals surface area contributed by atoms with Crippen LogP contribution in [0.5, 0.6) is 11.6 Å². The lowest BCUT2D eigenvalue weighted by Gasteiger charge is -2.03. The minimum atomic E-state index is -0.502. The number of ether oxygens (including phenoxy) is 1. The van der Waals surface area contributed by atoms with E-state index in [4.69, 9.17) is 10.5 Å². The van der Waals surface area contributed by atoms with Crippen molar-refractivity contribution in [1.82, 2.24) is 9.97 Å². The first-order valence-corrected chi connectivity index (χ1v) is 4.65. The molecule has 0 atom stereocenters. The lowest BCUT2D eigenvalue weighted by Crippen LogP contribution is -1.95. The number of aromatic nitrogens is 2. The molecule has 1 heterocycles. The maximum absolute atomic E-state index is 10.6. The molecule has 0 aliphatic heterocycles. The molecule has 0 saturated carbocycles. The smallest absolute Gasteiger partial charge is 0.273 e. The molecule has 2 N–H and O–H groups in total. The molecular weight excluding hydrogens is 224 g/mol. The van der Waals surface area contributed by atoms with Crippen molar-refractivity contribution in [3.05, 3.63) is 46.8 Å². The van der Waals surface area contributed by atoms with Crippen LogP contribution in [0.3, 0.4) is 0 Å². The minimum absolute atomic E-state index is 0.0561. The zero-order chi connectivity index (χ0) is 12.3. The Morgan fingerprint density at radius 2 is 2.18 bits per heavy atom. The van der Waals surface area contributed by atoms with Crippen LogP contribution in [0.1, 0.15) is 0 Å². The molecule has 7 heteroatoms. The number of hydrogen-bond donors (Lipinski definition) is 1. The second-order valence-electron chi connectivity index (χ2n) is 3.14. The second kappa shape index (κ2) is 4.44. The van der Waals surface area contributed by atoms with E-state index in [0.717, 1.165) is 0 Å². The lowest BCUT2D eigenvalue weighted by molar-refractivity contribution is -0.384. The summed E-state index contributed by atoms with van der Waals surface area (Å²) in [5.41, 5.74) is 5.37. The summed E-state index contributed by atoms with van der Waals surface area (Å²) in [6.07, 6.45) is 2.75. The van der Waals surface area contributed by atoms with Gasteiger partial charge in [-0.15, -0.1) is 0 Å². The molecule has 7 nitrogen and oxygen atoms in total. The number of benzene rings is 1. The first-order valence-electron chi connectivity index (χ1n) is 4.65. The number of nitrogens with two attached hydrogens (primary N) is 1. The van der Waals surface area contributed by atoms with Crippen LogP contribution >= 0.6 is 0 Å². The van der Waals surface area contributed by atoms with Gasteiger partial charge in [-0.3, -0.25) is 15.1 Å². The average Bonchev–Trinajstić information content (AvgIpc) is 2.29. The molecule has 86 valence electrons. The third kappa shape index (κ3) is 2.65. The highest BCUT2D eigenvalue weighted by molar-refractivity contribution is 5.39. The van der Waals surface area contributed by atoms with E-state index < -0.39 is 4.92 Å². The van der Waals surface area contributed by atoms with Crippen molar-refractivity contribution < 1.29 is 9.66 Å². The van der Waals surface area contributed by atoms with Crippen molar-refractivity contribution in [2.24, 2.45) is 0 Å². The number of nitro groups is 1. The Balaban J connectivity index is 2.24. The van der Waals surface area contributed by atoms with Gasteiger partial charge in [-0.1, -0.05) is 6.07 Å². The molecule has 0 radical (unpaired) electrons. The van der Waals surface area contributed by atoms with Crippen molar-refractivity contribution in [3.8, 4) is 11.6 Å². The number of anilines is 1. The summed E-state index contributed by atoms with van der Waals surface area (Å²) in [7, 11) is 0. The predicted octanol–water partition coefficient (Wildman–Crippen LogP) is 1.76. The fraction of sp³-hybridized carbons (Fsp3) is 0. The zero-order valence-electron chi connectivity index (χ0n) is 8.61. The average molecular weight is 232 g/mol. The van der Waals surface area contributed by atoms with Gasteiger partial charge in [0.25, 0.3) is 5.69 Å². The van der Waals surface area contributed by atoms with E-state index in [1.54, 1.807) is 6.07 Å². The van der Waals surface area contributed by atoms with Gasteiger partial charge in [0, 0.05) is 6.07 Å². The number of non-ortho nitro benzene ring substituents is 1. The van der Waals surface area contributed by atoms with Gasteiger partial charge in [-0.05, 0) is 6.07 Å². The first-order chi connectivity index (χ1) is 8.15. The number of nitrogen functional groups attached to an aromatic ring is 1. The quantitative estimate of drug-likeness (QED) is 0.638. The first kappa shape index (κ1) is 10.8. The van der Waals surface area contributed by atoms with E-state index in [2.05, 4.69) is 9.97 Å². The normalized spacial score (nSPS) is 9.88. The predicted molar refractivity (Wildman–Crippen MR) is 59.6 cm³/mol. The minimum Gasteiger partial charge on any atom is -0.437 e. The summed E-state index contributed by atoms with van der Waals surface area (Å²) in [6, 6.07) is 5.77. The van der Waals surface area contributed by atoms with Crippen LogP contribution < -0.4 is 10.5 Å². The van der Waals surface area contributed by atoms with Crippen molar-refractivity contribution in [2.45, 2.75) is 0 Å². The monoisotopic (exact) mass is 232 g/mol. The Kier molecular flexibility index (Phi) is 2.82. The van der Waals surface area contributed by atoms with Gasteiger partial charge in [0.15, 0.2) is 0 Å². The third-order valence-corrected chi connectivity index (χ3v) is 1.88. The number of nitrogens with zero attached hydrogens (tertiary/aromatic N) is 3. The van der Waals surface area contributed by atoms with Crippen LogP contribution in [-0.4, -0.2) is 14.9 Å². The molecule has 17 heavy (non-hydrogen) atoms. The summed E-state index contributed by atoms with van der Waals surface area (Å²) in [5, 5.41) is 10.6. The van der Waals surface area contributed by atoms with Gasteiger partial charge in [0.05, 0.1) is 23.4 Å². The van der Waals surface area contributed by atoms with E-state index in [9.17, 15) is 10.1 Å². The highest BCUT2D eigenvalue weighted by Gasteiger charge is 2.07. The van der Waals surface area contributed by atoms with Crippen LogP contribution in [0.2, 0.25) is 0 Å². The Bertz CT molecular complexity index is 559. The fourth-order valence-electron chi connectivity index (χ4n) is 1.19. The molecule has 2 rings (SSSR count). The maximum Gasteiger partial charge on any atom is 0.273 e. The topological polar surface area (TPSA) is 104 Å². The van der Waals surface area contributed by atoms with Crippen LogP contribution in [0, 0.1) is 10.1 Å². The highest BCUT2D eigenvalue weighted by Crippen LogP contribution is 2.23. The maximum atomic E-state index is 10.6. The van der Waals surface area contributed by atoms with Crippen molar-refractivity contribution in [3.63, 3.8) is 0 Å². The number of hydrogen-bond acceptors (Lipinski definition) is 6. The number of nitro benzene ring substituents is 1. The third-order valence-electron chi connectivity index (χ3n) is 1.88. The fourth-order valence-corrected chi connectivity index (χ4v) is 1.19. The van der Waals surface area contributed by atoms with Gasteiger partial charge in [-0.2, -0.15) is 4.98 Å². The Morgan fingerprint density at radius 1 is 1.35 bits per heavy atom. The van der Waals surface area contributed by atoms with E-state index in [0.29, 0.717) is 5.75 Å². The molecule has 0 spiro atoms. The summed E-state index contributed by atoms with van der Waals surface area (Å²) in [5.74, 6) is 0.706. The largest absolute Gasteiger partial charge is 0.437 e. The molecule has 0 aliphatic carbocycles. The summed E-state index contributed by atoms with van der Waals surface area (Å²) < 4.78 is 5.29. The second-order valence-corrected chi connectivity index (χ2v) is 3.14. The van der Waals surface area contributed by atoms with Gasteiger partial charge in [0.1, 0.15) is 11.6 Å². The van der Waals surface area contributed by atoms with E-state index in [-0.39, 0.29) is 17.4 Å². The molecule has 0 fully saturated rings.